The summed E-state index contributed by atoms with van der Waals surface area (Å²) in [6, 6.07) is 4.61. The Morgan fingerprint density at radius 2 is 2.22 bits per heavy atom. The van der Waals surface area contributed by atoms with Crippen LogP contribution < -0.4 is 0 Å². The van der Waals surface area contributed by atoms with Crippen molar-refractivity contribution >= 4 is 11.6 Å². The van der Waals surface area contributed by atoms with Crippen molar-refractivity contribution in [3.05, 3.63) is 46.5 Å². The maximum Gasteiger partial charge on any atom is 0.143 e. The fourth-order valence-corrected chi connectivity index (χ4v) is 2.25. The average Bonchev–Trinajstić information content (AvgIpc) is 3.12. The minimum Gasteiger partial charge on any atom is -0.392 e. The molecule has 1 aromatic heterocycles. The zero-order valence-electron chi connectivity index (χ0n) is 9.61. The van der Waals surface area contributed by atoms with E-state index in [1.807, 2.05) is 0 Å². The number of aliphatic hydroxyl groups is 1. The van der Waals surface area contributed by atoms with Crippen molar-refractivity contribution in [3.8, 4) is 5.69 Å². The molecule has 0 saturated heterocycles. The first-order chi connectivity index (χ1) is 8.70. The smallest absolute Gasteiger partial charge is 0.143 e. The van der Waals surface area contributed by atoms with E-state index < -0.39 is 5.82 Å². The summed E-state index contributed by atoms with van der Waals surface area (Å²) in [5.74, 6) is -0.0367. The second kappa shape index (κ2) is 4.37. The van der Waals surface area contributed by atoms with Crippen LogP contribution in [0.5, 0.6) is 0 Å². The summed E-state index contributed by atoms with van der Waals surface area (Å²) in [6.45, 7) is -0.0398. The van der Waals surface area contributed by atoms with Gasteiger partial charge in [-0.2, -0.15) is 5.10 Å². The molecule has 1 N–H and O–H groups in total. The van der Waals surface area contributed by atoms with Crippen LogP contribution in [-0.2, 0) is 6.61 Å². The van der Waals surface area contributed by atoms with Crippen molar-refractivity contribution < 1.29 is 9.50 Å². The molecule has 0 bridgehead atoms. The van der Waals surface area contributed by atoms with Gasteiger partial charge in [0.25, 0.3) is 0 Å². The van der Waals surface area contributed by atoms with E-state index in [4.69, 9.17) is 11.6 Å². The lowest BCUT2D eigenvalue weighted by Crippen LogP contribution is -2.03. The third-order valence-electron chi connectivity index (χ3n) is 3.17. The van der Waals surface area contributed by atoms with Gasteiger partial charge in [-0.25, -0.2) is 9.07 Å². The first-order valence-corrected chi connectivity index (χ1v) is 6.21. The molecule has 0 atom stereocenters. The number of aromatic nitrogens is 2. The topological polar surface area (TPSA) is 38.1 Å². The lowest BCUT2D eigenvalue weighted by molar-refractivity contribution is 0.280. The third kappa shape index (κ3) is 1.91. The van der Waals surface area contributed by atoms with Crippen molar-refractivity contribution in [2.75, 3.05) is 0 Å². The predicted molar refractivity (Wildman–Crippen MR) is 66.4 cm³/mol. The molecule has 1 aliphatic rings. The van der Waals surface area contributed by atoms with Crippen molar-refractivity contribution in [3.63, 3.8) is 0 Å². The number of hydrogen-bond acceptors (Lipinski definition) is 2. The Morgan fingerprint density at radius 1 is 1.44 bits per heavy atom. The van der Waals surface area contributed by atoms with E-state index in [-0.39, 0.29) is 11.6 Å². The Labute approximate surface area is 109 Å². The Balaban J connectivity index is 2.10. The molecule has 0 amide bonds. The van der Waals surface area contributed by atoms with Gasteiger partial charge in [0.15, 0.2) is 0 Å². The molecule has 3 nitrogen and oxygen atoms in total. The number of aliphatic hydroxyl groups excluding tert-OH is 1. The summed E-state index contributed by atoms with van der Waals surface area (Å²) >= 11 is 5.67. The van der Waals surface area contributed by atoms with E-state index in [0.29, 0.717) is 11.6 Å². The molecular weight excluding hydrogens is 255 g/mol. The van der Waals surface area contributed by atoms with Gasteiger partial charge < -0.3 is 5.11 Å². The van der Waals surface area contributed by atoms with Crippen LogP contribution in [0.3, 0.4) is 0 Å². The van der Waals surface area contributed by atoms with Crippen LogP contribution in [0.15, 0.2) is 24.4 Å². The number of halogens is 2. The van der Waals surface area contributed by atoms with Gasteiger partial charge in [-0.05, 0) is 25.0 Å². The zero-order valence-corrected chi connectivity index (χ0v) is 10.4. The number of nitrogens with zero attached hydrogens (tertiary/aromatic N) is 2. The van der Waals surface area contributed by atoms with Crippen LogP contribution in [0, 0.1) is 5.82 Å². The summed E-state index contributed by atoms with van der Waals surface area (Å²) < 4.78 is 15.2. The van der Waals surface area contributed by atoms with Crippen molar-refractivity contribution in [1.82, 2.24) is 9.78 Å². The van der Waals surface area contributed by atoms with Crippen LogP contribution in [0.2, 0.25) is 5.02 Å². The first-order valence-electron chi connectivity index (χ1n) is 5.84. The summed E-state index contributed by atoms with van der Waals surface area (Å²) in [5.41, 5.74) is 2.44. The predicted octanol–water partition coefficient (Wildman–Crippen LogP) is 3.03. The highest BCUT2D eigenvalue weighted by atomic mass is 35.5. The Kier molecular flexibility index (Phi) is 2.84. The molecule has 0 aliphatic heterocycles. The zero-order chi connectivity index (χ0) is 12.7. The number of rotatable bonds is 3. The summed E-state index contributed by atoms with van der Waals surface area (Å²) in [6.07, 6.45) is 3.82. The molecule has 0 radical (unpaired) electrons. The van der Waals surface area contributed by atoms with Gasteiger partial charge in [-0.3, -0.25) is 0 Å². The summed E-state index contributed by atoms with van der Waals surface area (Å²) in [7, 11) is 0. The maximum atomic E-state index is 13.5. The molecule has 1 fully saturated rings. The van der Waals surface area contributed by atoms with E-state index in [1.54, 1.807) is 16.9 Å². The van der Waals surface area contributed by atoms with Gasteiger partial charge in [0.2, 0.25) is 0 Å². The van der Waals surface area contributed by atoms with Crippen LogP contribution in [0.25, 0.3) is 5.69 Å². The highest BCUT2D eigenvalue weighted by Gasteiger charge is 2.30. The fourth-order valence-electron chi connectivity index (χ4n) is 2.13. The van der Waals surface area contributed by atoms with Gasteiger partial charge >= 0.3 is 0 Å². The highest BCUT2D eigenvalue weighted by Crippen LogP contribution is 2.42. The van der Waals surface area contributed by atoms with Gasteiger partial charge in [-0.15, -0.1) is 0 Å². The lowest BCUT2D eigenvalue weighted by Gasteiger charge is -2.08. The molecule has 1 saturated carbocycles. The van der Waals surface area contributed by atoms with Crippen LogP contribution in [-0.4, -0.2) is 14.9 Å². The third-order valence-corrected chi connectivity index (χ3v) is 3.47. The maximum absolute atomic E-state index is 13.5. The molecule has 1 aliphatic carbocycles. The molecule has 3 rings (SSSR count). The Morgan fingerprint density at radius 3 is 2.83 bits per heavy atom. The Hall–Kier alpha value is -1.39. The normalized spacial score (nSPS) is 15.1. The summed E-state index contributed by atoms with van der Waals surface area (Å²) in [4.78, 5) is 0. The van der Waals surface area contributed by atoms with Crippen LogP contribution in [0.1, 0.15) is 30.0 Å². The van der Waals surface area contributed by atoms with E-state index in [9.17, 15) is 9.50 Å². The van der Waals surface area contributed by atoms with E-state index in [1.165, 1.54) is 12.1 Å². The standard InChI is InChI=1S/C13H12ClFN2O/c14-11-4-3-10(5-12(11)15)17-13(8-1-2-8)9(7-18)6-16-17/h3-6,8,18H,1-2,7H2. The van der Waals surface area contributed by atoms with Crippen molar-refractivity contribution in [1.29, 1.82) is 0 Å². The molecule has 1 heterocycles. The molecule has 94 valence electrons. The van der Waals surface area contributed by atoms with Gasteiger partial charge in [0.05, 0.1) is 29.2 Å². The van der Waals surface area contributed by atoms with E-state index >= 15 is 0 Å². The highest BCUT2D eigenvalue weighted by molar-refractivity contribution is 6.30. The van der Waals surface area contributed by atoms with Crippen LogP contribution in [0.4, 0.5) is 4.39 Å². The van der Waals surface area contributed by atoms with Crippen molar-refractivity contribution in [2.45, 2.75) is 25.4 Å². The van der Waals surface area contributed by atoms with Crippen LogP contribution >= 0.6 is 11.6 Å². The second-order valence-electron chi connectivity index (χ2n) is 4.50. The van der Waals surface area contributed by atoms with Gasteiger partial charge in [0.1, 0.15) is 5.82 Å². The minimum absolute atomic E-state index is 0.0398. The van der Waals surface area contributed by atoms with E-state index in [0.717, 1.165) is 24.1 Å². The molecular formula is C13H12ClFN2O. The molecule has 2 aromatic rings. The molecule has 0 unspecified atom stereocenters. The quantitative estimate of drug-likeness (QED) is 0.927. The Bertz CT molecular complexity index is 593. The molecule has 18 heavy (non-hydrogen) atoms. The number of benzene rings is 1. The largest absolute Gasteiger partial charge is 0.392 e. The number of hydrogen-bond donors (Lipinski definition) is 1. The summed E-state index contributed by atoms with van der Waals surface area (Å²) in [5, 5.41) is 13.6. The fraction of sp³-hybridized carbons (Fsp3) is 0.308. The molecule has 5 heteroatoms. The first kappa shape index (κ1) is 11.7. The van der Waals surface area contributed by atoms with Crippen molar-refractivity contribution in [2.24, 2.45) is 0 Å². The molecule has 0 spiro atoms. The second-order valence-corrected chi connectivity index (χ2v) is 4.90. The molecule has 1 aromatic carbocycles. The minimum atomic E-state index is -0.461. The van der Waals surface area contributed by atoms with Gasteiger partial charge in [0, 0.05) is 17.5 Å². The van der Waals surface area contributed by atoms with E-state index in [2.05, 4.69) is 5.10 Å². The van der Waals surface area contributed by atoms with Gasteiger partial charge in [-0.1, -0.05) is 11.6 Å². The average molecular weight is 267 g/mol. The monoisotopic (exact) mass is 266 g/mol. The lowest BCUT2D eigenvalue weighted by atomic mass is 10.2. The SMILES string of the molecule is OCc1cnn(-c2ccc(Cl)c(F)c2)c1C1CC1.